The van der Waals surface area contributed by atoms with Crippen LogP contribution in [0.25, 0.3) is 0 Å². The largest absolute Gasteiger partial charge is 0.387 e. The number of hydrogen-bond donors (Lipinski definition) is 1. The molecule has 1 atom stereocenters. The summed E-state index contributed by atoms with van der Waals surface area (Å²) in [5.41, 5.74) is 0. The molecule has 0 amide bonds. The second-order valence-electron chi connectivity index (χ2n) is 3.21. The Morgan fingerprint density at radius 2 is 2.33 bits per heavy atom. The van der Waals surface area contributed by atoms with E-state index in [1.54, 1.807) is 6.92 Å². The second kappa shape index (κ2) is 5.53. The predicted molar refractivity (Wildman–Crippen MR) is 58.4 cm³/mol. The Bertz CT molecular complexity index is 375. The van der Waals surface area contributed by atoms with E-state index in [9.17, 15) is 13.5 Å². The maximum atomic E-state index is 11.2. The lowest BCUT2D eigenvalue weighted by Gasteiger charge is -2.06. The molecule has 1 N–H and O–H groups in total. The van der Waals surface area contributed by atoms with Gasteiger partial charge in [-0.25, -0.2) is 8.42 Å². The van der Waals surface area contributed by atoms with Gasteiger partial charge in [0.1, 0.15) is 9.84 Å². The van der Waals surface area contributed by atoms with E-state index in [-0.39, 0.29) is 11.5 Å². The zero-order valence-electron chi connectivity index (χ0n) is 8.46. The maximum absolute atomic E-state index is 11.2. The van der Waals surface area contributed by atoms with E-state index in [1.165, 1.54) is 6.20 Å². The average Bonchev–Trinajstić information content (AvgIpc) is 2.70. The first-order valence-corrected chi connectivity index (χ1v) is 7.30. The molecule has 0 bridgehead atoms. The Labute approximate surface area is 93.2 Å². The Morgan fingerprint density at radius 3 is 2.87 bits per heavy atom. The quantitative estimate of drug-likeness (QED) is 0.807. The van der Waals surface area contributed by atoms with Crippen LogP contribution >= 0.6 is 11.5 Å². The van der Waals surface area contributed by atoms with Gasteiger partial charge in [-0.3, -0.25) is 0 Å². The summed E-state index contributed by atoms with van der Waals surface area (Å²) in [6, 6.07) is 0. The summed E-state index contributed by atoms with van der Waals surface area (Å²) < 4.78 is 26.0. The second-order valence-corrected chi connectivity index (χ2v) is 6.50. The lowest BCUT2D eigenvalue weighted by Crippen LogP contribution is -2.09. The van der Waals surface area contributed by atoms with Crippen molar-refractivity contribution in [3.8, 4) is 0 Å². The molecule has 1 aromatic rings. The van der Waals surface area contributed by atoms with Gasteiger partial charge in [0, 0.05) is 5.75 Å². The topological polar surface area (TPSA) is 80.2 Å². The summed E-state index contributed by atoms with van der Waals surface area (Å²) in [4.78, 5) is 0.684. The van der Waals surface area contributed by atoms with E-state index >= 15 is 0 Å². The van der Waals surface area contributed by atoms with E-state index < -0.39 is 15.9 Å². The van der Waals surface area contributed by atoms with E-state index in [0.29, 0.717) is 17.7 Å². The molecule has 1 aromatic heterocycles. The molecule has 86 valence electrons. The van der Waals surface area contributed by atoms with Crippen LogP contribution in [-0.2, 0) is 9.84 Å². The molecule has 7 heteroatoms. The third kappa shape index (κ3) is 4.23. The van der Waals surface area contributed by atoms with Crippen molar-refractivity contribution in [3.05, 3.63) is 11.1 Å². The van der Waals surface area contributed by atoms with Crippen LogP contribution in [0, 0.1) is 0 Å². The maximum Gasteiger partial charge on any atom is 0.150 e. The third-order valence-electron chi connectivity index (χ3n) is 2.08. The van der Waals surface area contributed by atoms with Crippen molar-refractivity contribution in [2.24, 2.45) is 0 Å². The van der Waals surface area contributed by atoms with Gasteiger partial charge < -0.3 is 5.11 Å². The average molecular weight is 250 g/mol. The molecule has 0 aromatic carbocycles. The molecule has 0 spiro atoms. The van der Waals surface area contributed by atoms with Gasteiger partial charge in [-0.2, -0.15) is 0 Å². The SMILES string of the molecule is CCS(=O)(=O)CCCC(O)c1cnns1. The van der Waals surface area contributed by atoms with Crippen LogP contribution in [0.3, 0.4) is 0 Å². The fourth-order valence-corrected chi connectivity index (χ4v) is 2.52. The first kappa shape index (κ1) is 12.5. The zero-order valence-corrected chi connectivity index (χ0v) is 10.1. The van der Waals surface area contributed by atoms with Gasteiger partial charge in [0.2, 0.25) is 0 Å². The molecule has 5 nitrogen and oxygen atoms in total. The van der Waals surface area contributed by atoms with Crippen LogP contribution in [0.4, 0.5) is 0 Å². The molecule has 0 radical (unpaired) electrons. The van der Waals surface area contributed by atoms with Crippen molar-refractivity contribution >= 4 is 21.4 Å². The summed E-state index contributed by atoms with van der Waals surface area (Å²) in [6.45, 7) is 1.62. The van der Waals surface area contributed by atoms with Crippen molar-refractivity contribution < 1.29 is 13.5 Å². The summed E-state index contributed by atoms with van der Waals surface area (Å²) in [5, 5.41) is 13.2. The minimum absolute atomic E-state index is 0.132. The molecular weight excluding hydrogens is 236 g/mol. The molecule has 0 saturated heterocycles. The molecule has 1 rings (SSSR count). The van der Waals surface area contributed by atoms with Gasteiger partial charge in [-0.15, -0.1) is 5.10 Å². The smallest absolute Gasteiger partial charge is 0.150 e. The van der Waals surface area contributed by atoms with Crippen molar-refractivity contribution in [1.82, 2.24) is 9.59 Å². The van der Waals surface area contributed by atoms with Crippen molar-refractivity contribution in [3.63, 3.8) is 0 Å². The highest BCUT2D eigenvalue weighted by molar-refractivity contribution is 7.91. The Morgan fingerprint density at radius 1 is 1.60 bits per heavy atom. The minimum atomic E-state index is -2.92. The van der Waals surface area contributed by atoms with Gasteiger partial charge in [-0.1, -0.05) is 11.4 Å². The number of rotatable bonds is 6. The van der Waals surface area contributed by atoms with E-state index in [0.717, 1.165) is 11.5 Å². The van der Waals surface area contributed by atoms with E-state index in [4.69, 9.17) is 0 Å². The van der Waals surface area contributed by atoms with Crippen LogP contribution in [0.15, 0.2) is 6.20 Å². The lowest BCUT2D eigenvalue weighted by molar-refractivity contribution is 0.170. The van der Waals surface area contributed by atoms with Crippen LogP contribution < -0.4 is 0 Å². The molecule has 0 aliphatic heterocycles. The van der Waals surface area contributed by atoms with Crippen LogP contribution in [0.1, 0.15) is 30.7 Å². The molecule has 0 aliphatic carbocycles. The fourth-order valence-electron chi connectivity index (χ4n) is 1.10. The highest BCUT2D eigenvalue weighted by Crippen LogP contribution is 2.20. The number of aliphatic hydroxyl groups excluding tert-OH is 1. The zero-order chi connectivity index (χ0) is 11.3. The standard InChI is InChI=1S/C8H14N2O3S2/c1-2-15(12,13)5-3-4-7(11)8-6-9-10-14-8/h6-7,11H,2-5H2,1H3. The summed E-state index contributed by atoms with van der Waals surface area (Å²) in [6.07, 6.45) is 1.76. The number of nitrogens with zero attached hydrogens (tertiary/aromatic N) is 2. The molecule has 15 heavy (non-hydrogen) atoms. The van der Waals surface area contributed by atoms with Gasteiger partial charge in [-0.05, 0) is 24.4 Å². The van der Waals surface area contributed by atoms with Gasteiger partial charge >= 0.3 is 0 Å². The highest BCUT2D eigenvalue weighted by atomic mass is 32.2. The van der Waals surface area contributed by atoms with Gasteiger partial charge in [0.15, 0.2) is 0 Å². The summed E-state index contributed by atoms with van der Waals surface area (Å²) >= 11 is 1.13. The first-order valence-electron chi connectivity index (χ1n) is 4.71. The van der Waals surface area contributed by atoms with Crippen LogP contribution in [0.2, 0.25) is 0 Å². The minimum Gasteiger partial charge on any atom is -0.387 e. The van der Waals surface area contributed by atoms with Crippen molar-refractivity contribution in [2.45, 2.75) is 25.9 Å². The highest BCUT2D eigenvalue weighted by Gasteiger charge is 2.12. The molecule has 0 saturated carbocycles. The first-order chi connectivity index (χ1) is 7.05. The summed E-state index contributed by atoms with van der Waals surface area (Å²) in [7, 11) is -2.92. The fraction of sp³-hybridized carbons (Fsp3) is 0.750. The van der Waals surface area contributed by atoms with Gasteiger partial charge in [0.05, 0.1) is 22.9 Å². The van der Waals surface area contributed by atoms with Crippen LogP contribution in [-0.4, -0.2) is 34.6 Å². The monoisotopic (exact) mass is 250 g/mol. The van der Waals surface area contributed by atoms with E-state index in [2.05, 4.69) is 9.59 Å². The number of hydrogen-bond acceptors (Lipinski definition) is 6. The summed E-state index contributed by atoms with van der Waals surface area (Å²) in [5.74, 6) is 0.290. The molecule has 1 unspecified atom stereocenters. The lowest BCUT2D eigenvalue weighted by atomic mass is 10.2. The Balaban J connectivity index is 2.33. The Hall–Kier alpha value is -0.530. The third-order valence-corrected chi connectivity index (χ3v) is 4.63. The predicted octanol–water partition coefficient (Wildman–Crippen LogP) is 0.786. The van der Waals surface area contributed by atoms with Crippen LogP contribution in [0.5, 0.6) is 0 Å². The molecule has 0 fully saturated rings. The van der Waals surface area contributed by atoms with Crippen molar-refractivity contribution in [2.75, 3.05) is 11.5 Å². The number of aromatic nitrogens is 2. The van der Waals surface area contributed by atoms with E-state index in [1.807, 2.05) is 0 Å². The van der Waals surface area contributed by atoms with Gasteiger partial charge in [0.25, 0.3) is 0 Å². The van der Waals surface area contributed by atoms with Crippen molar-refractivity contribution in [1.29, 1.82) is 0 Å². The number of sulfone groups is 1. The normalized spacial score (nSPS) is 14.0. The molecule has 1 heterocycles. The molecule has 0 aliphatic rings. The Kier molecular flexibility index (Phi) is 4.62. The number of aliphatic hydroxyl groups is 1. The molecular formula is C8H14N2O3S2.